The number of anilines is 1. The van der Waals surface area contributed by atoms with Crippen LogP contribution in [-0.4, -0.2) is 92.9 Å². The van der Waals surface area contributed by atoms with Crippen LogP contribution < -0.4 is 14.8 Å². The molecule has 4 rings (SSSR count). The summed E-state index contributed by atoms with van der Waals surface area (Å²) in [7, 11) is -2.22. The molecule has 11 nitrogen and oxygen atoms in total. The molecule has 2 aliphatic rings. The summed E-state index contributed by atoms with van der Waals surface area (Å²) in [6, 6.07) is 9.91. The van der Waals surface area contributed by atoms with Gasteiger partial charge in [0.2, 0.25) is 0 Å². The van der Waals surface area contributed by atoms with Crippen molar-refractivity contribution in [2.45, 2.75) is 101 Å². The zero-order valence-electron chi connectivity index (χ0n) is 28.5. The van der Waals surface area contributed by atoms with Gasteiger partial charge >= 0.3 is 6.03 Å². The fraction of sp³-hybridized carbons (Fsp3) is 0.600. The fourth-order valence-electron chi connectivity index (χ4n) is 6.16. The Kier molecular flexibility index (Phi) is 13.8. The van der Waals surface area contributed by atoms with Crippen molar-refractivity contribution in [1.29, 1.82) is 0 Å². The number of fused-ring (bicyclic) bond motifs is 1. The van der Waals surface area contributed by atoms with E-state index in [0.29, 0.717) is 30.3 Å². The van der Waals surface area contributed by atoms with Gasteiger partial charge in [-0.15, -0.1) is 0 Å². The van der Waals surface area contributed by atoms with Crippen molar-refractivity contribution in [3.8, 4) is 5.75 Å². The molecule has 1 heterocycles. The summed E-state index contributed by atoms with van der Waals surface area (Å²) in [6.45, 7) is 6.42. The van der Waals surface area contributed by atoms with E-state index in [4.69, 9.17) is 21.1 Å². The van der Waals surface area contributed by atoms with E-state index in [1.807, 2.05) is 13.8 Å². The largest absolute Gasteiger partial charge is 0.490 e. The summed E-state index contributed by atoms with van der Waals surface area (Å²) >= 11 is 5.95. The molecule has 0 radical (unpaired) electrons. The summed E-state index contributed by atoms with van der Waals surface area (Å²) in [5.41, 5.74) is 0.357. The maximum atomic E-state index is 14.4. The monoisotopic (exact) mass is 706 g/mol. The first-order valence-electron chi connectivity index (χ1n) is 17.0. The van der Waals surface area contributed by atoms with E-state index in [-0.39, 0.29) is 59.5 Å². The van der Waals surface area contributed by atoms with Crippen molar-refractivity contribution in [2.75, 3.05) is 38.1 Å². The third kappa shape index (κ3) is 10.5. The number of rotatable bonds is 8. The highest BCUT2D eigenvalue weighted by atomic mass is 35.5. The Bertz CT molecular complexity index is 1470. The molecule has 0 saturated heterocycles. The number of aliphatic hydroxyl groups excluding tert-OH is 1. The van der Waals surface area contributed by atoms with Gasteiger partial charge in [-0.2, -0.15) is 0 Å². The third-order valence-electron chi connectivity index (χ3n) is 9.16. The molecular formula is C35H51ClN4O7S. The van der Waals surface area contributed by atoms with Gasteiger partial charge in [0.15, 0.2) is 0 Å². The highest BCUT2D eigenvalue weighted by Crippen LogP contribution is 2.30. The van der Waals surface area contributed by atoms with Crippen LogP contribution in [0.15, 0.2) is 47.4 Å². The van der Waals surface area contributed by atoms with Crippen LogP contribution in [-0.2, 0) is 14.8 Å². The van der Waals surface area contributed by atoms with Gasteiger partial charge in [0.1, 0.15) is 5.75 Å². The van der Waals surface area contributed by atoms with Crippen LogP contribution in [0.2, 0.25) is 5.02 Å². The van der Waals surface area contributed by atoms with E-state index in [9.17, 15) is 23.1 Å². The zero-order chi connectivity index (χ0) is 34.8. The van der Waals surface area contributed by atoms with Crippen LogP contribution in [0.3, 0.4) is 0 Å². The number of carbonyl (C=O) groups is 2. The molecule has 2 aromatic carbocycles. The van der Waals surface area contributed by atoms with Crippen molar-refractivity contribution >= 4 is 39.2 Å². The normalized spacial score (nSPS) is 22.5. The van der Waals surface area contributed by atoms with Crippen molar-refractivity contribution in [2.24, 2.45) is 5.92 Å². The molecule has 3 amide bonds. The van der Waals surface area contributed by atoms with Crippen molar-refractivity contribution in [3.63, 3.8) is 0 Å². The smallest absolute Gasteiger partial charge is 0.317 e. The van der Waals surface area contributed by atoms with Crippen LogP contribution in [0.4, 0.5) is 10.5 Å². The third-order valence-corrected chi connectivity index (χ3v) is 10.8. The number of halogens is 1. The number of ether oxygens (including phenoxy) is 2. The predicted octanol–water partition coefficient (Wildman–Crippen LogP) is 5.91. The lowest BCUT2D eigenvalue weighted by atomic mass is 9.96. The number of urea groups is 1. The van der Waals surface area contributed by atoms with Gasteiger partial charge in [0, 0.05) is 49.4 Å². The SMILES string of the molecule is C[C@@H]1CCCCO[C@@H](CN(C)C(=O)NC2CCCCC2)[C@@H](C)CN([C@@H](C)CO)C(=O)c2cc(NS(=O)(=O)c3ccc(Cl)cc3)ccc2O1. The zero-order valence-corrected chi connectivity index (χ0v) is 30.1. The minimum Gasteiger partial charge on any atom is -0.490 e. The Balaban J connectivity index is 1.61. The second-order valence-corrected chi connectivity index (χ2v) is 15.4. The van der Waals surface area contributed by atoms with Crippen molar-refractivity contribution in [3.05, 3.63) is 53.1 Å². The molecule has 0 bridgehead atoms. The Hall–Kier alpha value is -3.06. The molecule has 3 N–H and O–H groups in total. The van der Waals surface area contributed by atoms with E-state index in [1.165, 1.54) is 36.8 Å². The lowest BCUT2D eigenvalue weighted by Gasteiger charge is -2.36. The number of nitrogens with zero attached hydrogens (tertiary/aromatic N) is 2. The van der Waals surface area contributed by atoms with Gasteiger partial charge in [-0.3, -0.25) is 9.52 Å². The van der Waals surface area contributed by atoms with Crippen molar-refractivity contribution < 1.29 is 32.6 Å². The average Bonchev–Trinajstić information content (AvgIpc) is 3.06. The number of hydrogen-bond donors (Lipinski definition) is 3. The molecule has 1 fully saturated rings. The summed E-state index contributed by atoms with van der Waals surface area (Å²) in [4.78, 5) is 30.7. The first kappa shape index (κ1) is 37.8. The first-order chi connectivity index (χ1) is 22.9. The average molecular weight is 707 g/mol. The first-order valence-corrected chi connectivity index (χ1v) is 18.9. The van der Waals surface area contributed by atoms with Crippen LogP contribution in [0.1, 0.15) is 82.5 Å². The quantitative estimate of drug-likeness (QED) is 0.310. The van der Waals surface area contributed by atoms with Crippen LogP contribution >= 0.6 is 11.6 Å². The number of nitrogens with one attached hydrogen (secondary N) is 2. The number of amides is 3. The molecule has 4 atom stereocenters. The summed E-state index contributed by atoms with van der Waals surface area (Å²) < 4.78 is 41.6. The van der Waals surface area contributed by atoms with Gasteiger partial charge in [0.25, 0.3) is 15.9 Å². The summed E-state index contributed by atoms with van der Waals surface area (Å²) in [6.07, 6.45) is 7.14. The Morgan fingerprint density at radius 2 is 1.75 bits per heavy atom. The van der Waals surface area contributed by atoms with E-state index in [2.05, 4.69) is 10.0 Å². The Labute approximate surface area is 290 Å². The van der Waals surface area contributed by atoms with E-state index >= 15 is 0 Å². The summed E-state index contributed by atoms with van der Waals surface area (Å²) in [5.74, 6) is -0.309. The molecule has 13 heteroatoms. The Morgan fingerprint density at radius 3 is 2.44 bits per heavy atom. The van der Waals surface area contributed by atoms with E-state index in [0.717, 1.165) is 38.5 Å². The van der Waals surface area contributed by atoms with Crippen LogP contribution in [0, 0.1) is 5.92 Å². The van der Waals surface area contributed by atoms with E-state index in [1.54, 1.807) is 35.9 Å². The predicted molar refractivity (Wildman–Crippen MR) is 187 cm³/mol. The molecule has 1 aliphatic carbocycles. The number of aliphatic hydroxyl groups is 1. The molecule has 1 saturated carbocycles. The van der Waals surface area contributed by atoms with E-state index < -0.39 is 22.0 Å². The molecule has 266 valence electrons. The fourth-order valence-corrected chi connectivity index (χ4v) is 7.34. The second-order valence-electron chi connectivity index (χ2n) is 13.2. The number of likely N-dealkylation sites (N-methyl/N-ethyl adjacent to an activating group) is 1. The lowest BCUT2D eigenvalue weighted by molar-refractivity contribution is -0.0123. The minimum atomic E-state index is -3.98. The van der Waals surface area contributed by atoms with Crippen molar-refractivity contribution in [1.82, 2.24) is 15.1 Å². The van der Waals surface area contributed by atoms with Gasteiger partial charge in [0.05, 0.1) is 35.3 Å². The van der Waals surface area contributed by atoms with Gasteiger partial charge in [-0.25, -0.2) is 13.2 Å². The second kappa shape index (κ2) is 17.6. The van der Waals surface area contributed by atoms with Gasteiger partial charge in [-0.05, 0) is 88.4 Å². The summed E-state index contributed by atoms with van der Waals surface area (Å²) in [5, 5.41) is 13.8. The molecule has 1 aliphatic heterocycles. The topological polar surface area (TPSA) is 138 Å². The maximum Gasteiger partial charge on any atom is 0.317 e. The number of sulfonamides is 1. The molecule has 0 spiro atoms. The molecular weight excluding hydrogens is 656 g/mol. The number of hydrogen-bond acceptors (Lipinski definition) is 7. The maximum absolute atomic E-state index is 14.4. The molecule has 48 heavy (non-hydrogen) atoms. The lowest BCUT2D eigenvalue weighted by Crippen LogP contribution is -2.50. The highest BCUT2D eigenvalue weighted by molar-refractivity contribution is 7.92. The standard InChI is InChI=1S/C35H51ClN4O7S/c1-24-21-40(25(2)23-41)34(42)31-20-29(38-48(44,45)30-16-13-27(36)14-17-30)15-18-32(31)47-26(3)10-8-9-19-46-33(24)22-39(4)35(43)37-28-11-6-5-7-12-28/h13-18,20,24-26,28,33,38,41H,5-12,19,21-23H2,1-4H3,(H,37,43)/t24-,25-,26+,33-/m0/s1. The molecule has 0 aromatic heterocycles. The Morgan fingerprint density at radius 1 is 1.06 bits per heavy atom. The minimum absolute atomic E-state index is 0.0240. The highest BCUT2D eigenvalue weighted by Gasteiger charge is 2.31. The van der Waals surface area contributed by atoms with Crippen LogP contribution in [0.25, 0.3) is 0 Å². The number of benzene rings is 2. The molecule has 2 aromatic rings. The van der Waals surface area contributed by atoms with Crippen LogP contribution in [0.5, 0.6) is 5.75 Å². The van der Waals surface area contributed by atoms with Gasteiger partial charge in [-0.1, -0.05) is 37.8 Å². The van der Waals surface area contributed by atoms with Gasteiger partial charge < -0.3 is 29.7 Å². The molecule has 0 unspecified atom stereocenters. The number of carbonyl (C=O) groups excluding carboxylic acids is 2.